The normalized spacial score (nSPS) is 19.8. The second-order valence-corrected chi connectivity index (χ2v) is 3.64. The molecule has 0 aromatic heterocycles. The molecule has 0 aliphatic heterocycles. The number of carboxylic acids is 1. The Labute approximate surface area is 95.6 Å². The van der Waals surface area contributed by atoms with E-state index in [9.17, 15) is 9.59 Å². The number of carboxylic acid groups (broad SMARTS) is 1. The van der Waals surface area contributed by atoms with Crippen LogP contribution in [0.15, 0.2) is 0 Å². The lowest BCUT2D eigenvalue weighted by Crippen LogP contribution is -2.45. The maximum Gasteiger partial charge on any atom is 0.408 e. The van der Waals surface area contributed by atoms with Crippen LogP contribution >= 0.6 is 0 Å². The molecule has 0 aliphatic rings. The van der Waals surface area contributed by atoms with Crippen molar-refractivity contribution in [2.24, 2.45) is 0 Å². The highest BCUT2D eigenvalue weighted by molar-refractivity contribution is 5.80. The number of ether oxygens (including phenoxy) is 2. The highest BCUT2D eigenvalue weighted by Gasteiger charge is 2.23. The maximum atomic E-state index is 11.4. The summed E-state index contributed by atoms with van der Waals surface area (Å²) in [5, 5.41) is 10.6. The number of carbonyl (C=O) groups excluding carboxylic acids is 1. The number of aliphatic carboxylic acids is 1. The van der Waals surface area contributed by atoms with Crippen LogP contribution in [0.5, 0.6) is 0 Å². The SMILES string of the molecule is [2H]C([2H])([2H])OC([2H])([2H])[C@H](NC(=O)OC(C)(C)C)C(=O)O. The van der Waals surface area contributed by atoms with Gasteiger partial charge >= 0.3 is 12.1 Å². The zero-order valence-electron chi connectivity index (χ0n) is 13.7. The highest BCUT2D eigenvalue weighted by Crippen LogP contribution is 2.06. The average molecular weight is 224 g/mol. The van der Waals surface area contributed by atoms with E-state index >= 15 is 0 Å². The van der Waals surface area contributed by atoms with E-state index in [1.54, 1.807) is 5.32 Å². The molecule has 2 N–H and O–H groups in total. The number of alkyl carbamates (subject to hydrolysis) is 1. The summed E-state index contributed by atoms with van der Waals surface area (Å²) >= 11 is 0. The number of rotatable bonds is 4. The number of amides is 1. The molecule has 0 bridgehead atoms. The van der Waals surface area contributed by atoms with Gasteiger partial charge < -0.3 is 19.9 Å². The molecule has 0 fully saturated rings. The fourth-order valence-corrected chi connectivity index (χ4v) is 0.626. The Morgan fingerprint density at radius 2 is 2.20 bits per heavy atom. The summed E-state index contributed by atoms with van der Waals surface area (Å²) in [6.07, 6.45) is -1.21. The largest absolute Gasteiger partial charge is 0.480 e. The second-order valence-electron chi connectivity index (χ2n) is 3.64. The standard InChI is InChI=1S/C9H17NO5/c1-9(2,3)15-8(13)10-6(5-14-4)7(11)12/h6H,5H2,1-4H3,(H,10,13)(H,11,12)/t6-/m0/s1/i4D3,5D2. The average Bonchev–Trinajstić information content (AvgIpc) is 2.05. The molecule has 0 unspecified atom stereocenters. The molecule has 1 atom stereocenters. The predicted octanol–water partition coefficient (Wildman–Crippen LogP) is 0.611. The number of hydrogen-bond acceptors (Lipinski definition) is 4. The van der Waals surface area contributed by atoms with Gasteiger partial charge in [0.1, 0.15) is 5.60 Å². The van der Waals surface area contributed by atoms with E-state index in [1.807, 2.05) is 0 Å². The van der Waals surface area contributed by atoms with E-state index in [4.69, 9.17) is 16.7 Å². The van der Waals surface area contributed by atoms with Gasteiger partial charge in [0.15, 0.2) is 6.04 Å². The molecule has 6 nitrogen and oxygen atoms in total. The van der Waals surface area contributed by atoms with Crippen molar-refractivity contribution in [1.29, 1.82) is 0 Å². The van der Waals surface area contributed by atoms with Crippen molar-refractivity contribution >= 4 is 12.1 Å². The van der Waals surface area contributed by atoms with Crippen molar-refractivity contribution in [1.82, 2.24) is 5.32 Å². The van der Waals surface area contributed by atoms with Crippen molar-refractivity contribution in [2.45, 2.75) is 32.4 Å². The van der Waals surface area contributed by atoms with Gasteiger partial charge in [-0.2, -0.15) is 0 Å². The number of nitrogens with one attached hydrogen (secondary N) is 1. The number of carbonyl (C=O) groups is 2. The molecule has 1 amide bonds. The van der Waals surface area contributed by atoms with Crippen LogP contribution in [0, 0.1) is 0 Å². The fraction of sp³-hybridized carbons (Fsp3) is 0.778. The van der Waals surface area contributed by atoms with Crippen LogP contribution in [-0.4, -0.2) is 42.4 Å². The van der Waals surface area contributed by atoms with Crippen molar-refractivity contribution < 1.29 is 31.0 Å². The summed E-state index contributed by atoms with van der Waals surface area (Å²) < 4.78 is 43.8. The molecule has 88 valence electrons. The molecule has 0 radical (unpaired) electrons. The molecule has 0 aliphatic carbocycles. The van der Waals surface area contributed by atoms with Crippen LogP contribution in [0.25, 0.3) is 0 Å². The number of hydrogen-bond donors (Lipinski definition) is 2. The minimum Gasteiger partial charge on any atom is -0.480 e. The van der Waals surface area contributed by atoms with E-state index in [2.05, 4.69) is 4.74 Å². The fourth-order valence-electron chi connectivity index (χ4n) is 0.626. The zero-order valence-corrected chi connectivity index (χ0v) is 8.66. The molecule has 0 heterocycles. The van der Waals surface area contributed by atoms with Crippen molar-refractivity contribution in [3.05, 3.63) is 0 Å². The molecular weight excluding hydrogens is 202 g/mol. The van der Waals surface area contributed by atoms with Crippen molar-refractivity contribution in [3.63, 3.8) is 0 Å². The third-order valence-corrected chi connectivity index (χ3v) is 1.08. The zero-order chi connectivity index (χ0) is 16.4. The first-order valence-corrected chi connectivity index (χ1v) is 4.06. The van der Waals surface area contributed by atoms with Gasteiger partial charge in [-0.1, -0.05) is 0 Å². The Hall–Kier alpha value is -1.30. The van der Waals surface area contributed by atoms with Gasteiger partial charge in [-0.15, -0.1) is 0 Å². The Balaban J connectivity index is 4.99. The quantitative estimate of drug-likeness (QED) is 0.730. The third-order valence-electron chi connectivity index (χ3n) is 1.08. The molecule has 0 aromatic carbocycles. The van der Waals surface area contributed by atoms with Gasteiger partial charge in [-0.3, -0.25) is 0 Å². The van der Waals surface area contributed by atoms with E-state index in [0.29, 0.717) is 0 Å². The van der Waals surface area contributed by atoms with Crippen LogP contribution in [0.2, 0.25) is 0 Å². The predicted molar refractivity (Wildman–Crippen MR) is 52.7 cm³/mol. The van der Waals surface area contributed by atoms with E-state index < -0.39 is 37.3 Å². The molecule has 0 aromatic rings. The molecule has 0 spiro atoms. The maximum absolute atomic E-state index is 11.4. The van der Waals surface area contributed by atoms with Crippen LogP contribution in [-0.2, 0) is 14.3 Å². The van der Waals surface area contributed by atoms with Crippen LogP contribution in [0.3, 0.4) is 0 Å². The van der Waals surface area contributed by atoms with Crippen molar-refractivity contribution in [3.8, 4) is 0 Å². The lowest BCUT2D eigenvalue weighted by atomic mass is 10.2. The second kappa shape index (κ2) is 5.55. The minimum atomic E-state index is -3.16. The summed E-state index contributed by atoms with van der Waals surface area (Å²) in [6.45, 7) is 1.43. The number of methoxy groups -OCH3 is 1. The molecular formula is C9H17NO5. The molecule has 6 heteroatoms. The van der Waals surface area contributed by atoms with Gasteiger partial charge in [-0.25, -0.2) is 9.59 Å². The van der Waals surface area contributed by atoms with Gasteiger partial charge in [0.2, 0.25) is 0 Å². The summed E-state index contributed by atoms with van der Waals surface area (Å²) in [5.74, 6) is -1.80. The smallest absolute Gasteiger partial charge is 0.408 e. The minimum absolute atomic E-state index is 0.926. The first kappa shape index (κ1) is 7.05. The highest BCUT2D eigenvalue weighted by atomic mass is 16.6. The van der Waals surface area contributed by atoms with Crippen molar-refractivity contribution in [2.75, 3.05) is 13.6 Å². The molecule has 0 rings (SSSR count). The first-order valence-electron chi connectivity index (χ1n) is 6.56. The van der Waals surface area contributed by atoms with Crippen LogP contribution in [0.1, 0.15) is 27.6 Å². The van der Waals surface area contributed by atoms with E-state index in [1.165, 1.54) is 20.8 Å². The Morgan fingerprint density at radius 3 is 2.60 bits per heavy atom. The Morgan fingerprint density at radius 1 is 1.60 bits per heavy atom. The van der Waals surface area contributed by atoms with E-state index in [-0.39, 0.29) is 0 Å². The lowest BCUT2D eigenvalue weighted by molar-refractivity contribution is -0.140. The summed E-state index contributed by atoms with van der Waals surface area (Å²) in [4.78, 5) is 22.4. The summed E-state index contributed by atoms with van der Waals surface area (Å²) in [5.41, 5.74) is -0.926. The van der Waals surface area contributed by atoms with Gasteiger partial charge in [0, 0.05) is 7.04 Å². The van der Waals surface area contributed by atoms with Crippen LogP contribution < -0.4 is 5.32 Å². The molecule has 0 saturated carbocycles. The third kappa shape index (κ3) is 6.73. The monoisotopic (exact) mass is 224 g/mol. The summed E-state index contributed by atoms with van der Waals surface area (Å²) in [7, 11) is -3.16. The molecule has 15 heavy (non-hydrogen) atoms. The summed E-state index contributed by atoms with van der Waals surface area (Å²) in [6, 6.07) is -2.24. The topological polar surface area (TPSA) is 84.9 Å². The van der Waals surface area contributed by atoms with Gasteiger partial charge in [0.25, 0.3) is 0 Å². The molecule has 0 saturated heterocycles. The first-order chi connectivity index (χ1) is 8.64. The van der Waals surface area contributed by atoms with E-state index in [0.717, 1.165) is 0 Å². The Kier molecular flexibility index (Phi) is 2.61. The van der Waals surface area contributed by atoms with Crippen LogP contribution in [0.4, 0.5) is 4.79 Å². The Bertz CT molecular complexity index is 376. The van der Waals surface area contributed by atoms with Gasteiger partial charge in [-0.05, 0) is 20.8 Å². The lowest BCUT2D eigenvalue weighted by Gasteiger charge is -2.21. The van der Waals surface area contributed by atoms with Gasteiger partial charge in [0.05, 0.1) is 13.4 Å².